The fourth-order valence-electron chi connectivity index (χ4n) is 4.30. The fourth-order valence-corrected chi connectivity index (χ4v) is 5.16. The highest BCUT2D eigenvalue weighted by molar-refractivity contribution is 7.18. The molecule has 2 fully saturated rings. The van der Waals surface area contributed by atoms with Crippen molar-refractivity contribution in [3.63, 3.8) is 0 Å². The number of hydrogen-bond donors (Lipinski definition) is 1. The highest BCUT2D eigenvalue weighted by atomic mass is 32.1. The lowest BCUT2D eigenvalue weighted by atomic mass is 10.1. The number of aryl methyl sites for hydroxylation is 1. The number of thiazole rings is 1. The van der Waals surface area contributed by atoms with E-state index >= 15 is 0 Å². The smallest absolute Gasteiger partial charge is 0.251 e. The molecule has 5 rings (SSSR count). The molecule has 2 aliphatic rings. The Hall–Kier alpha value is -2.28. The van der Waals surface area contributed by atoms with Crippen LogP contribution in [0.2, 0.25) is 0 Å². The first-order valence-electron chi connectivity index (χ1n) is 9.74. The van der Waals surface area contributed by atoms with Gasteiger partial charge in [-0.15, -0.1) is 11.3 Å². The number of nitrogens with zero attached hydrogens (tertiary/aromatic N) is 2. The lowest BCUT2D eigenvalue weighted by Gasteiger charge is -2.35. The molecule has 0 bridgehead atoms. The number of aromatic nitrogens is 1. The third kappa shape index (κ3) is 3.43. The van der Waals surface area contributed by atoms with E-state index in [-0.39, 0.29) is 18.1 Å². The number of rotatable bonds is 3. The Kier molecular flexibility index (Phi) is 4.62. The van der Waals surface area contributed by atoms with Crippen molar-refractivity contribution in [1.82, 2.24) is 15.2 Å². The molecule has 2 aromatic carbocycles. The molecule has 2 aliphatic heterocycles. The maximum absolute atomic E-state index is 12.8. The van der Waals surface area contributed by atoms with Crippen LogP contribution in [0.5, 0.6) is 0 Å². The van der Waals surface area contributed by atoms with Gasteiger partial charge >= 0.3 is 0 Å². The summed E-state index contributed by atoms with van der Waals surface area (Å²) in [6.45, 7) is 4.47. The first kappa shape index (κ1) is 17.8. The summed E-state index contributed by atoms with van der Waals surface area (Å²) in [7, 11) is 0. The molecule has 0 aliphatic carbocycles. The lowest BCUT2D eigenvalue weighted by Crippen LogP contribution is -2.43. The zero-order valence-electron chi connectivity index (χ0n) is 15.8. The third-order valence-corrected chi connectivity index (χ3v) is 6.62. The van der Waals surface area contributed by atoms with Crippen molar-refractivity contribution in [3.05, 3.63) is 64.7 Å². The summed E-state index contributed by atoms with van der Waals surface area (Å²) < 4.78 is 7.17. The van der Waals surface area contributed by atoms with E-state index in [1.165, 1.54) is 5.56 Å². The monoisotopic (exact) mass is 393 g/mol. The largest absolute Gasteiger partial charge is 0.371 e. The van der Waals surface area contributed by atoms with E-state index in [0.29, 0.717) is 11.6 Å². The summed E-state index contributed by atoms with van der Waals surface area (Å²) in [5.74, 6) is -0.00155. The molecular formula is C22H23N3O2S. The minimum Gasteiger partial charge on any atom is -0.371 e. The van der Waals surface area contributed by atoms with Gasteiger partial charge in [-0.05, 0) is 37.1 Å². The topological polar surface area (TPSA) is 54.5 Å². The highest BCUT2D eigenvalue weighted by Gasteiger charge is 2.38. The molecule has 0 spiro atoms. The zero-order valence-corrected chi connectivity index (χ0v) is 16.6. The van der Waals surface area contributed by atoms with Gasteiger partial charge in [-0.1, -0.05) is 30.3 Å². The molecule has 5 nitrogen and oxygen atoms in total. The van der Waals surface area contributed by atoms with Crippen molar-refractivity contribution in [2.24, 2.45) is 0 Å². The van der Waals surface area contributed by atoms with Crippen LogP contribution in [0.1, 0.15) is 33.5 Å². The number of benzene rings is 2. The number of amides is 1. The molecular weight excluding hydrogens is 370 g/mol. The molecule has 1 amide bonds. The molecule has 0 radical (unpaired) electrons. The maximum Gasteiger partial charge on any atom is 0.251 e. The number of nitrogens with one attached hydrogen (secondary N) is 1. The van der Waals surface area contributed by atoms with Gasteiger partial charge in [0.25, 0.3) is 5.91 Å². The second-order valence-corrected chi connectivity index (χ2v) is 8.90. The summed E-state index contributed by atoms with van der Waals surface area (Å²) in [6.07, 6.45) is 1.05. The number of ether oxygens (including phenoxy) is 1. The van der Waals surface area contributed by atoms with Gasteiger partial charge in [0.2, 0.25) is 0 Å². The molecule has 1 aromatic heterocycles. The van der Waals surface area contributed by atoms with E-state index in [4.69, 9.17) is 4.74 Å². The van der Waals surface area contributed by atoms with Crippen molar-refractivity contribution < 1.29 is 9.53 Å². The van der Waals surface area contributed by atoms with Gasteiger partial charge in [0.15, 0.2) is 0 Å². The van der Waals surface area contributed by atoms with Gasteiger partial charge in [-0.2, -0.15) is 0 Å². The Labute approximate surface area is 168 Å². The summed E-state index contributed by atoms with van der Waals surface area (Å²) in [6, 6.07) is 16.7. The summed E-state index contributed by atoms with van der Waals surface area (Å²) in [4.78, 5) is 19.7. The van der Waals surface area contributed by atoms with E-state index in [1.54, 1.807) is 11.3 Å². The van der Waals surface area contributed by atoms with Crippen molar-refractivity contribution in [2.75, 3.05) is 19.7 Å². The van der Waals surface area contributed by atoms with Gasteiger partial charge in [0.05, 0.1) is 27.9 Å². The van der Waals surface area contributed by atoms with Crippen molar-refractivity contribution in [1.29, 1.82) is 0 Å². The molecule has 144 valence electrons. The number of carbonyl (C=O) groups is 1. The quantitative estimate of drug-likeness (QED) is 0.739. The van der Waals surface area contributed by atoms with Crippen LogP contribution in [0.15, 0.2) is 48.5 Å². The SMILES string of the molecule is Cc1nc2ccc(C(=O)N[C@@H]3C[C@H]4CO[C@@H](c5ccccc5)CN4C3)cc2s1. The summed E-state index contributed by atoms with van der Waals surface area (Å²) >= 11 is 1.62. The molecule has 3 atom stereocenters. The Morgan fingerprint density at radius 2 is 2.07 bits per heavy atom. The minimum absolute atomic E-state index is 0.00155. The second kappa shape index (κ2) is 7.28. The van der Waals surface area contributed by atoms with Crippen LogP contribution in [0.25, 0.3) is 10.2 Å². The Morgan fingerprint density at radius 3 is 2.93 bits per heavy atom. The van der Waals surface area contributed by atoms with Gasteiger partial charge in [0.1, 0.15) is 0 Å². The van der Waals surface area contributed by atoms with Gasteiger partial charge in [-0.25, -0.2) is 4.98 Å². The fraction of sp³-hybridized carbons (Fsp3) is 0.364. The maximum atomic E-state index is 12.8. The van der Waals surface area contributed by atoms with Gasteiger partial charge in [0, 0.05) is 30.7 Å². The summed E-state index contributed by atoms with van der Waals surface area (Å²) in [5, 5.41) is 4.25. The summed E-state index contributed by atoms with van der Waals surface area (Å²) in [5.41, 5.74) is 2.89. The molecule has 2 saturated heterocycles. The minimum atomic E-state index is -0.00155. The number of morpholine rings is 1. The van der Waals surface area contributed by atoms with E-state index in [9.17, 15) is 4.79 Å². The first-order valence-corrected chi connectivity index (χ1v) is 10.6. The predicted octanol–water partition coefficient (Wildman–Crippen LogP) is 3.55. The van der Waals surface area contributed by atoms with Crippen molar-refractivity contribution in [2.45, 2.75) is 31.5 Å². The molecule has 3 aromatic rings. The number of hydrogen-bond acceptors (Lipinski definition) is 5. The predicted molar refractivity (Wildman–Crippen MR) is 111 cm³/mol. The average molecular weight is 394 g/mol. The Bertz CT molecular complexity index is 1000. The van der Waals surface area contributed by atoms with Crippen LogP contribution >= 0.6 is 11.3 Å². The molecule has 3 heterocycles. The molecule has 0 unspecified atom stereocenters. The van der Waals surface area contributed by atoms with Crippen molar-refractivity contribution >= 4 is 27.5 Å². The number of fused-ring (bicyclic) bond motifs is 2. The molecule has 0 saturated carbocycles. The molecule has 6 heteroatoms. The lowest BCUT2D eigenvalue weighted by molar-refractivity contribution is -0.0502. The second-order valence-electron chi connectivity index (χ2n) is 7.66. The molecule has 1 N–H and O–H groups in total. The zero-order chi connectivity index (χ0) is 19.1. The first-order chi connectivity index (χ1) is 13.7. The standard InChI is InChI=1S/C22H23N3O2S/c1-14-23-19-8-7-16(9-21(19)28-14)22(26)24-17-10-18-13-27-20(12-25(18)11-17)15-5-3-2-4-6-15/h2-9,17-18,20H,10-13H2,1H3,(H,24,26)/t17-,18+,20-/m1/s1. The van der Waals surface area contributed by atoms with E-state index in [1.807, 2.05) is 31.2 Å². The van der Waals surface area contributed by atoms with E-state index in [2.05, 4.69) is 39.5 Å². The number of carbonyl (C=O) groups excluding carboxylic acids is 1. The van der Waals surface area contributed by atoms with E-state index in [0.717, 1.165) is 41.3 Å². The third-order valence-electron chi connectivity index (χ3n) is 5.68. The normalized spacial score (nSPS) is 25.0. The van der Waals surface area contributed by atoms with Crippen molar-refractivity contribution in [3.8, 4) is 0 Å². The van der Waals surface area contributed by atoms with Crippen LogP contribution in [0.4, 0.5) is 0 Å². The van der Waals surface area contributed by atoms with Crippen LogP contribution in [-0.4, -0.2) is 47.6 Å². The van der Waals surface area contributed by atoms with Crippen LogP contribution in [0, 0.1) is 6.92 Å². The van der Waals surface area contributed by atoms with Crippen LogP contribution in [-0.2, 0) is 4.74 Å². The van der Waals surface area contributed by atoms with Gasteiger partial charge < -0.3 is 10.1 Å². The highest BCUT2D eigenvalue weighted by Crippen LogP contribution is 2.30. The van der Waals surface area contributed by atoms with E-state index < -0.39 is 0 Å². The Balaban J connectivity index is 1.24. The van der Waals surface area contributed by atoms with Crippen LogP contribution < -0.4 is 5.32 Å². The van der Waals surface area contributed by atoms with Gasteiger partial charge in [-0.3, -0.25) is 9.69 Å². The Morgan fingerprint density at radius 1 is 1.21 bits per heavy atom. The van der Waals surface area contributed by atoms with Crippen LogP contribution in [0.3, 0.4) is 0 Å². The molecule has 28 heavy (non-hydrogen) atoms. The average Bonchev–Trinajstić information content (AvgIpc) is 3.28.